The number of aliphatic hydroxyl groups is 1. The molecular formula is C10H22NO4+. The predicted molar refractivity (Wildman–Crippen MR) is 56.4 cm³/mol. The molecule has 0 amide bonds. The van der Waals surface area contributed by atoms with Crippen LogP contribution in [0.1, 0.15) is 6.92 Å². The van der Waals surface area contributed by atoms with Gasteiger partial charge in [-0.3, -0.25) is 9.28 Å². The predicted octanol–water partition coefficient (Wildman–Crippen LogP) is -0.367. The van der Waals surface area contributed by atoms with Crippen LogP contribution in [0, 0.1) is 0 Å². The summed E-state index contributed by atoms with van der Waals surface area (Å²) in [5, 5.41) is 8.52. The average molecular weight is 220 g/mol. The number of aldehydes is 1. The summed E-state index contributed by atoms with van der Waals surface area (Å²) in [6.45, 7) is 3.91. The minimum Gasteiger partial charge on any atom is -0.394 e. The number of hydrogen-bond acceptors (Lipinski definition) is 4. The minimum atomic E-state index is -0.451. The Bertz CT molecular complexity index is 173. The van der Waals surface area contributed by atoms with Gasteiger partial charge in [-0.2, -0.15) is 0 Å². The van der Waals surface area contributed by atoms with E-state index in [0.717, 1.165) is 6.29 Å². The lowest BCUT2D eigenvalue weighted by atomic mass is 10.4. The van der Waals surface area contributed by atoms with Crippen molar-refractivity contribution in [1.82, 2.24) is 0 Å². The Morgan fingerprint density at radius 3 is 2.53 bits per heavy atom. The number of rotatable bonds is 9. The Morgan fingerprint density at radius 1 is 1.40 bits per heavy atom. The van der Waals surface area contributed by atoms with Crippen LogP contribution < -0.4 is 0 Å². The van der Waals surface area contributed by atoms with Gasteiger partial charge in [0.2, 0.25) is 12.5 Å². The lowest BCUT2D eigenvalue weighted by Gasteiger charge is -2.34. The molecule has 0 aliphatic heterocycles. The Labute approximate surface area is 91.2 Å². The van der Waals surface area contributed by atoms with E-state index in [1.165, 1.54) is 0 Å². The molecule has 0 heterocycles. The van der Waals surface area contributed by atoms with Gasteiger partial charge in [-0.1, -0.05) is 0 Å². The van der Waals surface area contributed by atoms with Crippen molar-refractivity contribution >= 4 is 6.29 Å². The highest BCUT2D eigenvalue weighted by Crippen LogP contribution is 2.06. The minimum absolute atomic E-state index is 0.0238. The number of carbonyl (C=O) groups is 1. The largest absolute Gasteiger partial charge is 0.394 e. The highest BCUT2D eigenvalue weighted by molar-refractivity contribution is 5.53. The molecule has 0 bridgehead atoms. The third-order valence-corrected chi connectivity index (χ3v) is 2.19. The van der Waals surface area contributed by atoms with Crippen molar-refractivity contribution in [2.24, 2.45) is 0 Å². The molecule has 1 atom stereocenters. The van der Waals surface area contributed by atoms with Crippen molar-refractivity contribution in [3.63, 3.8) is 0 Å². The summed E-state index contributed by atoms with van der Waals surface area (Å²) in [5.41, 5.74) is 0. The van der Waals surface area contributed by atoms with Crippen LogP contribution in [-0.4, -0.2) is 69.2 Å². The topological polar surface area (TPSA) is 55.8 Å². The number of quaternary nitrogens is 1. The van der Waals surface area contributed by atoms with Crippen LogP contribution in [0.3, 0.4) is 0 Å². The van der Waals surface area contributed by atoms with Crippen molar-refractivity contribution in [2.45, 2.75) is 13.2 Å². The average Bonchev–Trinajstić information content (AvgIpc) is 2.20. The van der Waals surface area contributed by atoms with Gasteiger partial charge in [0.15, 0.2) is 0 Å². The molecule has 15 heavy (non-hydrogen) atoms. The van der Waals surface area contributed by atoms with Gasteiger partial charge in [0.25, 0.3) is 0 Å². The van der Waals surface area contributed by atoms with Crippen molar-refractivity contribution in [2.75, 3.05) is 47.1 Å². The van der Waals surface area contributed by atoms with E-state index in [4.69, 9.17) is 14.6 Å². The van der Waals surface area contributed by atoms with Gasteiger partial charge in [-0.05, 0) is 6.92 Å². The van der Waals surface area contributed by atoms with E-state index in [2.05, 4.69) is 0 Å². The standard InChI is InChI=1S/C10H22NO4/c1-4-15-10(9-13)11(2,3)5-7-14-8-6-12/h9-10,12H,4-8H2,1-3H3/q+1. The molecule has 0 saturated carbocycles. The van der Waals surface area contributed by atoms with E-state index < -0.39 is 6.23 Å². The smallest absolute Gasteiger partial charge is 0.250 e. The van der Waals surface area contributed by atoms with E-state index in [-0.39, 0.29) is 6.61 Å². The van der Waals surface area contributed by atoms with E-state index in [0.29, 0.717) is 30.8 Å². The van der Waals surface area contributed by atoms with Crippen molar-refractivity contribution < 1.29 is 23.9 Å². The second-order valence-corrected chi connectivity index (χ2v) is 3.82. The fourth-order valence-corrected chi connectivity index (χ4v) is 1.17. The van der Waals surface area contributed by atoms with Gasteiger partial charge in [0.1, 0.15) is 6.54 Å². The quantitative estimate of drug-likeness (QED) is 0.249. The Hall–Kier alpha value is -0.490. The third kappa shape index (κ3) is 5.84. The molecule has 0 fully saturated rings. The van der Waals surface area contributed by atoms with Gasteiger partial charge in [-0.25, -0.2) is 0 Å². The number of carbonyl (C=O) groups excluding carboxylic acids is 1. The molecule has 1 unspecified atom stereocenters. The van der Waals surface area contributed by atoms with Gasteiger partial charge >= 0.3 is 0 Å². The third-order valence-electron chi connectivity index (χ3n) is 2.19. The SMILES string of the molecule is CCOC(C=O)[N+](C)(C)CCOCCO. The molecule has 1 N–H and O–H groups in total. The summed E-state index contributed by atoms with van der Waals surface area (Å²) in [4.78, 5) is 10.8. The summed E-state index contributed by atoms with van der Waals surface area (Å²) >= 11 is 0. The first-order chi connectivity index (χ1) is 7.08. The Morgan fingerprint density at radius 2 is 2.07 bits per heavy atom. The van der Waals surface area contributed by atoms with Gasteiger partial charge in [0, 0.05) is 0 Å². The van der Waals surface area contributed by atoms with Crippen LogP contribution in [0.2, 0.25) is 0 Å². The van der Waals surface area contributed by atoms with Crippen molar-refractivity contribution in [1.29, 1.82) is 0 Å². The molecular weight excluding hydrogens is 198 g/mol. The summed E-state index contributed by atoms with van der Waals surface area (Å²) in [7, 11) is 3.83. The lowest BCUT2D eigenvalue weighted by molar-refractivity contribution is -0.926. The number of aliphatic hydroxyl groups excluding tert-OH is 1. The van der Waals surface area contributed by atoms with Crippen molar-refractivity contribution in [3.05, 3.63) is 0 Å². The normalized spacial score (nSPS) is 13.9. The first kappa shape index (κ1) is 14.5. The maximum Gasteiger partial charge on any atom is 0.250 e. The molecule has 0 saturated heterocycles. The molecule has 5 nitrogen and oxygen atoms in total. The van der Waals surface area contributed by atoms with Crippen LogP contribution in [0.25, 0.3) is 0 Å². The monoisotopic (exact) mass is 220 g/mol. The molecule has 90 valence electrons. The highest BCUT2D eigenvalue weighted by Gasteiger charge is 2.27. The van der Waals surface area contributed by atoms with E-state index in [1.807, 2.05) is 21.0 Å². The first-order valence-electron chi connectivity index (χ1n) is 5.16. The first-order valence-corrected chi connectivity index (χ1v) is 5.16. The maximum absolute atomic E-state index is 10.8. The van der Waals surface area contributed by atoms with Crippen LogP contribution in [0.5, 0.6) is 0 Å². The van der Waals surface area contributed by atoms with E-state index in [9.17, 15) is 4.79 Å². The highest BCUT2D eigenvalue weighted by atomic mass is 16.5. The van der Waals surface area contributed by atoms with E-state index >= 15 is 0 Å². The molecule has 0 spiro atoms. The Kier molecular flexibility index (Phi) is 7.50. The van der Waals surface area contributed by atoms with Crippen LogP contribution in [0.4, 0.5) is 0 Å². The molecule has 5 heteroatoms. The van der Waals surface area contributed by atoms with Gasteiger partial charge < -0.3 is 14.6 Å². The molecule has 0 aromatic rings. The summed E-state index contributed by atoms with van der Waals surface area (Å²) in [5.74, 6) is 0. The number of nitrogens with zero attached hydrogens (tertiary/aromatic N) is 1. The van der Waals surface area contributed by atoms with Gasteiger partial charge in [0.05, 0.1) is 40.5 Å². The molecule has 0 aliphatic rings. The van der Waals surface area contributed by atoms with Crippen molar-refractivity contribution in [3.8, 4) is 0 Å². The van der Waals surface area contributed by atoms with Crippen LogP contribution in [-0.2, 0) is 14.3 Å². The zero-order valence-electron chi connectivity index (χ0n) is 9.81. The fourth-order valence-electron chi connectivity index (χ4n) is 1.17. The second-order valence-electron chi connectivity index (χ2n) is 3.82. The van der Waals surface area contributed by atoms with Crippen LogP contribution in [0.15, 0.2) is 0 Å². The van der Waals surface area contributed by atoms with Gasteiger partial charge in [-0.15, -0.1) is 0 Å². The molecule has 0 radical (unpaired) electrons. The molecule has 0 aliphatic carbocycles. The zero-order chi connectivity index (χ0) is 11.7. The summed E-state index contributed by atoms with van der Waals surface area (Å²) in [6.07, 6.45) is 0.364. The number of likely N-dealkylation sites (N-methyl/N-ethyl adjacent to an activating group) is 1. The lowest BCUT2D eigenvalue weighted by Crippen LogP contribution is -2.53. The number of ether oxygens (including phenoxy) is 2. The molecule has 0 aromatic heterocycles. The second kappa shape index (κ2) is 7.76. The fraction of sp³-hybridized carbons (Fsp3) is 0.900. The molecule has 0 aromatic carbocycles. The summed E-state index contributed by atoms with van der Waals surface area (Å²) < 4.78 is 10.9. The number of hydrogen-bond donors (Lipinski definition) is 1. The summed E-state index contributed by atoms with van der Waals surface area (Å²) in [6, 6.07) is 0. The van der Waals surface area contributed by atoms with Crippen LogP contribution >= 0.6 is 0 Å². The van der Waals surface area contributed by atoms with E-state index in [1.54, 1.807) is 0 Å². The zero-order valence-corrected chi connectivity index (χ0v) is 9.81. The molecule has 0 rings (SSSR count). The maximum atomic E-state index is 10.8. The Balaban J connectivity index is 3.95.